The van der Waals surface area contributed by atoms with Gasteiger partial charge in [0.2, 0.25) is 0 Å². The van der Waals surface area contributed by atoms with E-state index < -0.39 is 23.9 Å². The molecule has 0 saturated carbocycles. The Hall–Kier alpha value is -4.64. The van der Waals surface area contributed by atoms with Gasteiger partial charge in [-0.25, -0.2) is 9.07 Å². The zero-order valence-corrected chi connectivity index (χ0v) is 22.0. The molecule has 0 fully saturated rings. The van der Waals surface area contributed by atoms with Crippen LogP contribution in [0, 0.1) is 5.82 Å². The van der Waals surface area contributed by atoms with Gasteiger partial charge in [-0.2, -0.15) is 20.0 Å². The van der Waals surface area contributed by atoms with Crippen LogP contribution in [0.3, 0.4) is 0 Å². The van der Waals surface area contributed by atoms with Crippen molar-refractivity contribution in [3.63, 3.8) is 0 Å². The average molecular weight is 530 g/mol. The Kier molecular flexibility index (Phi) is 6.39. The van der Waals surface area contributed by atoms with Crippen molar-refractivity contribution in [2.24, 2.45) is 12.8 Å². The second-order valence-corrected chi connectivity index (χ2v) is 10.4. The third-order valence-corrected chi connectivity index (χ3v) is 6.64. The van der Waals surface area contributed by atoms with Gasteiger partial charge in [0.1, 0.15) is 5.82 Å². The number of carbonyl (C=O) groups is 1. The SMILES string of the molecule is Cn1ccc(Cc2nn(-c3cccc(-n4ncc5cc(C(C)(C)C)cc(F)c5c4=O)c3CO)cc2C(N)=O)n1. The van der Waals surface area contributed by atoms with Gasteiger partial charge in [-0.15, -0.1) is 0 Å². The lowest BCUT2D eigenvalue weighted by atomic mass is 9.86. The molecule has 0 radical (unpaired) electrons. The monoisotopic (exact) mass is 529 g/mol. The summed E-state index contributed by atoms with van der Waals surface area (Å²) >= 11 is 0. The van der Waals surface area contributed by atoms with Gasteiger partial charge in [0.15, 0.2) is 0 Å². The molecule has 2 aromatic carbocycles. The van der Waals surface area contributed by atoms with Crippen LogP contribution in [0.1, 0.15) is 53.6 Å². The maximum atomic E-state index is 15.2. The van der Waals surface area contributed by atoms with E-state index >= 15 is 4.39 Å². The number of hydrogen-bond acceptors (Lipinski definition) is 6. The van der Waals surface area contributed by atoms with Crippen molar-refractivity contribution in [2.75, 3.05) is 0 Å². The molecule has 10 nitrogen and oxygen atoms in total. The van der Waals surface area contributed by atoms with Crippen LogP contribution in [0.5, 0.6) is 0 Å². The summed E-state index contributed by atoms with van der Waals surface area (Å²) in [5.74, 6) is -1.30. The number of aliphatic hydroxyl groups excluding tert-OH is 1. The molecular formula is C28H28FN7O3. The third-order valence-electron chi connectivity index (χ3n) is 6.64. The lowest BCUT2D eigenvalue weighted by Crippen LogP contribution is -2.24. The predicted octanol–water partition coefficient (Wildman–Crippen LogP) is 2.92. The molecule has 39 heavy (non-hydrogen) atoms. The maximum Gasteiger partial charge on any atom is 0.282 e. The van der Waals surface area contributed by atoms with Gasteiger partial charge in [0, 0.05) is 36.8 Å². The van der Waals surface area contributed by atoms with E-state index in [-0.39, 0.29) is 28.5 Å². The highest BCUT2D eigenvalue weighted by molar-refractivity contribution is 5.94. The summed E-state index contributed by atoms with van der Waals surface area (Å²) in [7, 11) is 1.79. The predicted molar refractivity (Wildman–Crippen MR) is 144 cm³/mol. The van der Waals surface area contributed by atoms with E-state index in [2.05, 4.69) is 15.3 Å². The van der Waals surface area contributed by atoms with Gasteiger partial charge >= 0.3 is 0 Å². The molecule has 3 N–H and O–H groups in total. The maximum absolute atomic E-state index is 15.2. The second-order valence-electron chi connectivity index (χ2n) is 10.4. The number of primary amides is 1. The van der Waals surface area contributed by atoms with E-state index in [1.165, 1.54) is 23.1 Å². The summed E-state index contributed by atoms with van der Waals surface area (Å²) in [6, 6.07) is 9.88. The van der Waals surface area contributed by atoms with E-state index in [1.54, 1.807) is 42.2 Å². The molecule has 0 atom stereocenters. The molecule has 0 spiro atoms. The Labute approximate surface area is 223 Å². The number of halogens is 1. The molecule has 5 aromatic rings. The van der Waals surface area contributed by atoms with Gasteiger partial charge in [0.25, 0.3) is 11.5 Å². The number of carbonyl (C=O) groups excluding carboxylic acids is 1. The molecule has 11 heteroatoms. The Morgan fingerprint density at radius 1 is 1.13 bits per heavy atom. The van der Waals surface area contributed by atoms with Crippen molar-refractivity contribution in [1.82, 2.24) is 29.3 Å². The minimum absolute atomic E-state index is 0.0972. The largest absolute Gasteiger partial charge is 0.392 e. The molecule has 0 aliphatic heterocycles. The number of benzene rings is 2. The van der Waals surface area contributed by atoms with E-state index in [9.17, 15) is 14.7 Å². The molecule has 0 aliphatic rings. The number of nitrogens with two attached hydrogens (primary N) is 1. The summed E-state index contributed by atoms with van der Waals surface area (Å²) in [5.41, 5.74) is 7.67. The van der Waals surface area contributed by atoms with Crippen molar-refractivity contribution in [3.05, 3.63) is 99.2 Å². The molecule has 0 saturated heterocycles. The number of aryl methyl sites for hydroxylation is 1. The number of nitrogens with zero attached hydrogens (tertiary/aromatic N) is 6. The number of aromatic nitrogens is 6. The van der Waals surface area contributed by atoms with Crippen LogP contribution in [0.2, 0.25) is 0 Å². The van der Waals surface area contributed by atoms with Gasteiger partial charge in [0.05, 0.1) is 46.5 Å². The van der Waals surface area contributed by atoms with Crippen LogP contribution in [-0.4, -0.2) is 40.4 Å². The molecule has 200 valence electrons. The Morgan fingerprint density at radius 2 is 1.87 bits per heavy atom. The highest BCUT2D eigenvalue weighted by Gasteiger charge is 2.22. The molecule has 5 rings (SSSR count). The first-order valence-corrected chi connectivity index (χ1v) is 12.3. The molecule has 0 aliphatic carbocycles. The van der Waals surface area contributed by atoms with Crippen molar-refractivity contribution in [2.45, 2.75) is 39.2 Å². The highest BCUT2D eigenvalue weighted by Crippen LogP contribution is 2.28. The van der Waals surface area contributed by atoms with Gasteiger partial charge in [-0.3, -0.25) is 14.3 Å². The van der Waals surface area contributed by atoms with Crippen LogP contribution < -0.4 is 11.3 Å². The number of rotatable bonds is 6. The number of aliphatic hydroxyl groups is 1. The van der Waals surface area contributed by atoms with Crippen LogP contribution >= 0.6 is 0 Å². The first-order chi connectivity index (χ1) is 18.5. The van der Waals surface area contributed by atoms with Crippen LogP contribution in [0.15, 0.2) is 59.8 Å². The zero-order valence-electron chi connectivity index (χ0n) is 22.0. The summed E-state index contributed by atoms with van der Waals surface area (Å²) in [5, 5.41) is 23.9. The van der Waals surface area contributed by atoms with Gasteiger partial charge in [-0.1, -0.05) is 26.8 Å². The van der Waals surface area contributed by atoms with Crippen LogP contribution in [0.4, 0.5) is 4.39 Å². The number of amides is 1. The van der Waals surface area contributed by atoms with E-state index in [4.69, 9.17) is 5.73 Å². The molecular weight excluding hydrogens is 501 g/mol. The third kappa shape index (κ3) is 4.72. The summed E-state index contributed by atoms with van der Waals surface area (Å²) in [4.78, 5) is 25.7. The minimum Gasteiger partial charge on any atom is -0.392 e. The minimum atomic E-state index is -0.661. The zero-order chi connectivity index (χ0) is 28.1. The molecule has 1 amide bonds. The van der Waals surface area contributed by atoms with E-state index in [0.717, 1.165) is 10.2 Å². The topological polar surface area (TPSA) is 134 Å². The smallest absolute Gasteiger partial charge is 0.282 e. The highest BCUT2D eigenvalue weighted by atomic mass is 19.1. The van der Waals surface area contributed by atoms with E-state index in [0.29, 0.717) is 28.0 Å². The van der Waals surface area contributed by atoms with Crippen LogP contribution in [0.25, 0.3) is 22.1 Å². The Bertz CT molecular complexity index is 1790. The van der Waals surface area contributed by atoms with Gasteiger partial charge < -0.3 is 10.8 Å². The molecule has 3 aromatic heterocycles. The molecule has 0 unspecified atom stereocenters. The fourth-order valence-electron chi connectivity index (χ4n) is 4.57. The Balaban J connectivity index is 1.64. The fraction of sp³-hybridized carbons (Fsp3) is 0.250. The van der Waals surface area contributed by atoms with Crippen molar-refractivity contribution in [3.8, 4) is 11.4 Å². The standard InChI is InChI=1S/C28H28FN7O3/c1-28(2,3)17-10-16-13-31-36(27(39)25(16)21(29)11-17)24-7-5-6-23(20(24)15-37)35-14-19(26(30)38)22(33-35)12-18-8-9-34(4)32-18/h5-11,13-14,37H,12,15H2,1-4H3,(H2,30,38). The lowest BCUT2D eigenvalue weighted by Gasteiger charge is -2.20. The van der Waals surface area contributed by atoms with Crippen molar-refractivity contribution < 1.29 is 14.3 Å². The quantitative estimate of drug-likeness (QED) is 0.347. The summed E-state index contributed by atoms with van der Waals surface area (Å²) in [6.45, 7) is 5.40. The van der Waals surface area contributed by atoms with Crippen molar-refractivity contribution in [1.29, 1.82) is 0 Å². The lowest BCUT2D eigenvalue weighted by molar-refractivity contribution is 0.0999. The first kappa shape index (κ1) is 26.0. The normalized spacial score (nSPS) is 11.8. The Morgan fingerprint density at radius 3 is 2.51 bits per heavy atom. The van der Waals surface area contributed by atoms with Crippen LogP contribution in [-0.2, 0) is 25.5 Å². The summed E-state index contributed by atoms with van der Waals surface area (Å²) in [6.07, 6.45) is 4.96. The number of hydrogen-bond donors (Lipinski definition) is 2. The molecule has 3 heterocycles. The average Bonchev–Trinajstić information content (AvgIpc) is 3.49. The van der Waals surface area contributed by atoms with Crippen molar-refractivity contribution >= 4 is 16.7 Å². The first-order valence-electron chi connectivity index (χ1n) is 12.3. The number of fused-ring (bicyclic) bond motifs is 1. The van der Waals surface area contributed by atoms with Gasteiger partial charge in [-0.05, 0) is 41.3 Å². The fourth-order valence-corrected chi connectivity index (χ4v) is 4.57. The molecule has 0 bridgehead atoms. The summed E-state index contributed by atoms with van der Waals surface area (Å²) < 4.78 is 19.3. The van der Waals surface area contributed by atoms with E-state index in [1.807, 2.05) is 26.8 Å². The second kappa shape index (κ2) is 9.59.